The van der Waals surface area contributed by atoms with Gasteiger partial charge in [0.15, 0.2) is 0 Å². The molecule has 0 amide bonds. The van der Waals surface area contributed by atoms with E-state index in [0.717, 1.165) is 19.4 Å². The van der Waals surface area contributed by atoms with Crippen LogP contribution in [0.5, 0.6) is 0 Å². The van der Waals surface area contributed by atoms with Crippen molar-refractivity contribution in [3.63, 3.8) is 0 Å². The summed E-state index contributed by atoms with van der Waals surface area (Å²) in [5.74, 6) is 0.211. The SMILES string of the molecule is CCOC1CC(NC(C)CS(C)(=O)=O)C1. The molecule has 90 valence electrons. The Kier molecular flexibility index (Phi) is 4.55. The fraction of sp³-hybridized carbons (Fsp3) is 1.00. The van der Waals surface area contributed by atoms with E-state index in [9.17, 15) is 8.42 Å². The third-order valence-corrected chi connectivity index (χ3v) is 3.68. The predicted molar refractivity (Wildman–Crippen MR) is 60.7 cm³/mol. The molecule has 0 bridgehead atoms. The minimum atomic E-state index is -2.87. The normalized spacial score (nSPS) is 28.5. The smallest absolute Gasteiger partial charge is 0.148 e. The van der Waals surface area contributed by atoms with E-state index in [4.69, 9.17) is 4.74 Å². The number of sulfone groups is 1. The van der Waals surface area contributed by atoms with Crippen molar-refractivity contribution in [2.75, 3.05) is 18.6 Å². The summed E-state index contributed by atoms with van der Waals surface area (Å²) < 4.78 is 27.5. The molecule has 0 saturated heterocycles. The van der Waals surface area contributed by atoms with E-state index < -0.39 is 9.84 Å². The van der Waals surface area contributed by atoms with Gasteiger partial charge in [0.25, 0.3) is 0 Å². The lowest BCUT2D eigenvalue weighted by atomic mass is 9.89. The van der Waals surface area contributed by atoms with Crippen molar-refractivity contribution in [1.82, 2.24) is 5.32 Å². The summed E-state index contributed by atoms with van der Waals surface area (Å²) in [7, 11) is -2.87. The monoisotopic (exact) mass is 235 g/mol. The molecule has 0 aliphatic heterocycles. The molecule has 15 heavy (non-hydrogen) atoms. The second-order valence-electron chi connectivity index (χ2n) is 4.41. The molecule has 1 fully saturated rings. The number of rotatable bonds is 6. The van der Waals surface area contributed by atoms with Crippen LogP contribution in [0.1, 0.15) is 26.7 Å². The second-order valence-corrected chi connectivity index (χ2v) is 6.59. The zero-order chi connectivity index (χ0) is 11.5. The molecule has 1 saturated carbocycles. The average molecular weight is 235 g/mol. The molecule has 1 rings (SSSR count). The molecule has 0 aromatic rings. The van der Waals surface area contributed by atoms with Crippen LogP contribution in [0.2, 0.25) is 0 Å². The highest BCUT2D eigenvalue weighted by molar-refractivity contribution is 7.90. The van der Waals surface area contributed by atoms with Crippen molar-refractivity contribution in [3.05, 3.63) is 0 Å². The van der Waals surface area contributed by atoms with Gasteiger partial charge >= 0.3 is 0 Å². The Bertz CT molecular complexity index is 283. The van der Waals surface area contributed by atoms with Crippen LogP contribution in [0.15, 0.2) is 0 Å². The fourth-order valence-corrected chi connectivity index (χ4v) is 2.98. The average Bonchev–Trinajstić information content (AvgIpc) is 1.97. The highest BCUT2D eigenvalue weighted by Crippen LogP contribution is 2.23. The van der Waals surface area contributed by atoms with Crippen molar-refractivity contribution < 1.29 is 13.2 Å². The van der Waals surface area contributed by atoms with Crippen LogP contribution < -0.4 is 5.32 Å². The minimum absolute atomic E-state index is 0.0348. The highest BCUT2D eigenvalue weighted by Gasteiger charge is 2.30. The van der Waals surface area contributed by atoms with E-state index in [2.05, 4.69) is 5.32 Å². The van der Waals surface area contributed by atoms with Gasteiger partial charge in [0.1, 0.15) is 9.84 Å². The summed E-state index contributed by atoms with van der Waals surface area (Å²) in [6.45, 7) is 4.67. The predicted octanol–water partition coefficient (Wildman–Crippen LogP) is 0.577. The summed E-state index contributed by atoms with van der Waals surface area (Å²) >= 11 is 0. The van der Waals surface area contributed by atoms with Crippen molar-refractivity contribution in [2.24, 2.45) is 0 Å². The zero-order valence-electron chi connectivity index (χ0n) is 9.69. The van der Waals surface area contributed by atoms with Crippen molar-refractivity contribution in [3.8, 4) is 0 Å². The van der Waals surface area contributed by atoms with Gasteiger partial charge in [-0.1, -0.05) is 0 Å². The Hall–Kier alpha value is -0.130. The van der Waals surface area contributed by atoms with Gasteiger partial charge in [0.2, 0.25) is 0 Å². The van der Waals surface area contributed by atoms with Gasteiger partial charge < -0.3 is 10.1 Å². The molecule has 1 aliphatic rings. The van der Waals surface area contributed by atoms with Gasteiger partial charge in [-0.15, -0.1) is 0 Å². The molecule has 0 aromatic heterocycles. The fourth-order valence-electron chi connectivity index (χ4n) is 1.98. The lowest BCUT2D eigenvalue weighted by Crippen LogP contribution is -2.50. The Morgan fingerprint density at radius 1 is 1.47 bits per heavy atom. The van der Waals surface area contributed by atoms with Gasteiger partial charge in [-0.3, -0.25) is 0 Å². The maximum Gasteiger partial charge on any atom is 0.148 e. The van der Waals surface area contributed by atoms with E-state index in [1.807, 2.05) is 13.8 Å². The minimum Gasteiger partial charge on any atom is -0.378 e. The van der Waals surface area contributed by atoms with Crippen LogP contribution in [0.4, 0.5) is 0 Å². The maximum absolute atomic E-state index is 11.0. The molecule has 1 N–H and O–H groups in total. The zero-order valence-corrected chi connectivity index (χ0v) is 10.5. The highest BCUT2D eigenvalue weighted by atomic mass is 32.2. The van der Waals surface area contributed by atoms with Gasteiger partial charge in [0.05, 0.1) is 11.9 Å². The number of hydrogen-bond acceptors (Lipinski definition) is 4. The van der Waals surface area contributed by atoms with Gasteiger partial charge in [-0.25, -0.2) is 8.42 Å². The molecule has 5 heteroatoms. The van der Waals surface area contributed by atoms with Crippen LogP contribution in [0.3, 0.4) is 0 Å². The number of nitrogens with one attached hydrogen (secondary N) is 1. The van der Waals surface area contributed by atoms with E-state index in [-0.39, 0.29) is 11.8 Å². The maximum atomic E-state index is 11.0. The molecule has 4 nitrogen and oxygen atoms in total. The van der Waals surface area contributed by atoms with E-state index in [1.54, 1.807) is 0 Å². The Balaban J connectivity index is 2.16. The largest absolute Gasteiger partial charge is 0.378 e. The van der Waals surface area contributed by atoms with Crippen LogP contribution in [-0.2, 0) is 14.6 Å². The summed E-state index contributed by atoms with van der Waals surface area (Å²) in [6.07, 6.45) is 3.65. The third kappa shape index (κ3) is 4.95. The van der Waals surface area contributed by atoms with Crippen LogP contribution in [0.25, 0.3) is 0 Å². The molecule has 0 aromatic carbocycles. The second kappa shape index (κ2) is 5.27. The molecule has 0 radical (unpaired) electrons. The van der Waals surface area contributed by atoms with Crippen LogP contribution in [0, 0.1) is 0 Å². The Labute approximate surface area is 92.3 Å². The van der Waals surface area contributed by atoms with Crippen LogP contribution >= 0.6 is 0 Å². The first kappa shape index (κ1) is 12.9. The quantitative estimate of drug-likeness (QED) is 0.731. The first-order valence-corrected chi connectivity index (χ1v) is 7.52. The summed E-state index contributed by atoms with van der Waals surface area (Å²) in [4.78, 5) is 0. The van der Waals surface area contributed by atoms with Crippen LogP contribution in [-0.4, -0.2) is 45.2 Å². The van der Waals surface area contributed by atoms with Crippen molar-refractivity contribution in [1.29, 1.82) is 0 Å². The van der Waals surface area contributed by atoms with E-state index in [1.165, 1.54) is 6.26 Å². The third-order valence-electron chi connectivity index (χ3n) is 2.57. The number of hydrogen-bond donors (Lipinski definition) is 1. The lowest BCUT2D eigenvalue weighted by molar-refractivity contribution is -0.0114. The molecule has 0 heterocycles. The summed E-state index contributed by atoms with van der Waals surface area (Å²) in [6, 6.07) is 0.464. The number of ether oxygens (including phenoxy) is 1. The molecule has 0 spiro atoms. The van der Waals surface area contributed by atoms with E-state index in [0.29, 0.717) is 12.1 Å². The van der Waals surface area contributed by atoms with Gasteiger partial charge in [0, 0.05) is 24.9 Å². The molecular weight excluding hydrogens is 214 g/mol. The Morgan fingerprint density at radius 3 is 2.53 bits per heavy atom. The lowest BCUT2D eigenvalue weighted by Gasteiger charge is -2.37. The van der Waals surface area contributed by atoms with Gasteiger partial charge in [-0.05, 0) is 26.7 Å². The first-order valence-electron chi connectivity index (χ1n) is 5.46. The molecule has 1 atom stereocenters. The topological polar surface area (TPSA) is 55.4 Å². The molecule has 1 aliphatic carbocycles. The molecular formula is C10H21NO3S. The van der Waals surface area contributed by atoms with Crippen molar-refractivity contribution >= 4 is 9.84 Å². The Morgan fingerprint density at radius 2 is 2.07 bits per heavy atom. The summed E-state index contributed by atoms with van der Waals surface area (Å²) in [5, 5.41) is 3.30. The molecule has 1 unspecified atom stereocenters. The van der Waals surface area contributed by atoms with Gasteiger partial charge in [-0.2, -0.15) is 0 Å². The standard InChI is InChI=1S/C10H21NO3S/c1-4-14-10-5-9(6-10)11-8(2)7-15(3,12)13/h8-11H,4-7H2,1-3H3. The first-order chi connectivity index (χ1) is 6.90. The summed E-state index contributed by atoms with van der Waals surface area (Å²) in [5.41, 5.74) is 0. The van der Waals surface area contributed by atoms with E-state index >= 15 is 0 Å². The van der Waals surface area contributed by atoms with Crippen molar-refractivity contribution in [2.45, 2.75) is 44.9 Å².